The molecule has 1 aromatic heterocycles. The summed E-state index contributed by atoms with van der Waals surface area (Å²) >= 11 is 0. The van der Waals surface area contributed by atoms with E-state index in [2.05, 4.69) is 10.1 Å². The minimum atomic E-state index is -3.06. The van der Waals surface area contributed by atoms with Gasteiger partial charge in [0.15, 0.2) is 6.10 Å². The molecular formula is C20H19F2N3O5. The fourth-order valence-electron chi connectivity index (χ4n) is 2.94. The number of amides is 1. The maximum absolute atomic E-state index is 12.5. The van der Waals surface area contributed by atoms with Crippen molar-refractivity contribution in [2.75, 3.05) is 5.32 Å². The number of carbonyl (C=O) groups excluding carboxylic acids is 2. The van der Waals surface area contributed by atoms with Gasteiger partial charge in [0.2, 0.25) is 0 Å². The summed E-state index contributed by atoms with van der Waals surface area (Å²) in [5.41, 5.74) is 0.813. The number of aryl methyl sites for hydroxylation is 1. The molecule has 2 aromatic carbocycles. The SMILES string of the molecule is CC(OC(=O)Cn1c(=O)n(C)c2ccccc21)C(=O)Nc1ccccc1OC(F)F. The largest absolute Gasteiger partial charge is 0.451 e. The average Bonchev–Trinajstić information content (AvgIpc) is 2.94. The summed E-state index contributed by atoms with van der Waals surface area (Å²) in [7, 11) is 1.58. The molecule has 0 saturated heterocycles. The predicted molar refractivity (Wildman–Crippen MR) is 104 cm³/mol. The number of para-hydroxylation sites is 4. The number of nitrogens with zero attached hydrogens (tertiary/aromatic N) is 2. The van der Waals surface area contributed by atoms with Crippen LogP contribution in [0.4, 0.5) is 14.5 Å². The van der Waals surface area contributed by atoms with E-state index in [1.54, 1.807) is 31.3 Å². The van der Waals surface area contributed by atoms with Gasteiger partial charge in [-0.25, -0.2) is 4.79 Å². The minimum absolute atomic E-state index is 0.0102. The van der Waals surface area contributed by atoms with Crippen LogP contribution in [0.1, 0.15) is 6.92 Å². The molecule has 1 unspecified atom stereocenters. The molecule has 0 bridgehead atoms. The lowest BCUT2D eigenvalue weighted by Crippen LogP contribution is -2.33. The number of alkyl halides is 2. The Balaban J connectivity index is 1.68. The quantitative estimate of drug-likeness (QED) is 0.595. The Bertz CT molecular complexity index is 1140. The van der Waals surface area contributed by atoms with E-state index in [0.717, 1.165) is 0 Å². The highest BCUT2D eigenvalue weighted by molar-refractivity contribution is 5.96. The molecular weight excluding hydrogens is 400 g/mol. The number of halogens is 2. The molecule has 0 fully saturated rings. The molecule has 1 amide bonds. The Hall–Kier alpha value is -3.69. The van der Waals surface area contributed by atoms with Gasteiger partial charge in [0, 0.05) is 7.05 Å². The van der Waals surface area contributed by atoms with Gasteiger partial charge in [-0.2, -0.15) is 8.78 Å². The lowest BCUT2D eigenvalue weighted by Gasteiger charge is -2.16. The van der Waals surface area contributed by atoms with E-state index in [-0.39, 0.29) is 18.0 Å². The first kappa shape index (κ1) is 21.0. The van der Waals surface area contributed by atoms with Crippen LogP contribution >= 0.6 is 0 Å². The summed E-state index contributed by atoms with van der Waals surface area (Å²) in [6.07, 6.45) is -1.23. The summed E-state index contributed by atoms with van der Waals surface area (Å²) < 4.78 is 37.1. The Morgan fingerprint density at radius 1 is 1.07 bits per heavy atom. The molecule has 10 heteroatoms. The molecule has 3 rings (SSSR count). The zero-order valence-electron chi connectivity index (χ0n) is 16.2. The van der Waals surface area contributed by atoms with Gasteiger partial charge < -0.3 is 14.8 Å². The second kappa shape index (κ2) is 8.76. The Labute approximate surface area is 169 Å². The van der Waals surface area contributed by atoms with Crippen LogP contribution in [0.5, 0.6) is 5.75 Å². The number of imidazole rings is 1. The first-order chi connectivity index (χ1) is 14.3. The number of fused-ring (bicyclic) bond motifs is 1. The number of carbonyl (C=O) groups is 2. The molecule has 0 aliphatic carbocycles. The topological polar surface area (TPSA) is 91.6 Å². The van der Waals surface area contributed by atoms with Gasteiger partial charge in [0.05, 0.1) is 16.7 Å². The number of benzene rings is 2. The van der Waals surface area contributed by atoms with Crippen LogP contribution in [0.3, 0.4) is 0 Å². The van der Waals surface area contributed by atoms with Crippen molar-refractivity contribution < 1.29 is 27.8 Å². The Morgan fingerprint density at radius 3 is 2.40 bits per heavy atom. The van der Waals surface area contributed by atoms with Crippen LogP contribution in [0.15, 0.2) is 53.3 Å². The van der Waals surface area contributed by atoms with E-state index < -0.39 is 30.3 Å². The Morgan fingerprint density at radius 2 is 1.70 bits per heavy atom. The van der Waals surface area contributed by atoms with E-state index in [0.29, 0.717) is 11.0 Å². The third-order valence-electron chi connectivity index (χ3n) is 4.38. The summed E-state index contributed by atoms with van der Waals surface area (Å²) in [6, 6.07) is 12.6. The van der Waals surface area contributed by atoms with Crippen molar-refractivity contribution in [3.63, 3.8) is 0 Å². The average molecular weight is 419 g/mol. The smallest absolute Gasteiger partial charge is 0.387 e. The lowest BCUT2D eigenvalue weighted by molar-refractivity contribution is -0.153. The van der Waals surface area contributed by atoms with E-state index in [4.69, 9.17) is 4.74 Å². The van der Waals surface area contributed by atoms with Crippen molar-refractivity contribution in [2.45, 2.75) is 26.2 Å². The van der Waals surface area contributed by atoms with Crippen LogP contribution < -0.4 is 15.7 Å². The third-order valence-corrected chi connectivity index (χ3v) is 4.38. The number of hydrogen-bond acceptors (Lipinski definition) is 5. The number of anilines is 1. The number of hydrogen-bond donors (Lipinski definition) is 1. The van der Waals surface area contributed by atoms with E-state index in [9.17, 15) is 23.2 Å². The number of esters is 1. The second-order valence-electron chi connectivity index (χ2n) is 6.41. The van der Waals surface area contributed by atoms with E-state index in [1.807, 2.05) is 0 Å². The monoisotopic (exact) mass is 419 g/mol. The third kappa shape index (κ3) is 4.48. The normalized spacial score (nSPS) is 12.0. The fourth-order valence-corrected chi connectivity index (χ4v) is 2.94. The van der Waals surface area contributed by atoms with Crippen LogP contribution in [-0.2, 0) is 27.9 Å². The van der Waals surface area contributed by atoms with Crippen molar-refractivity contribution in [2.24, 2.45) is 7.05 Å². The highest BCUT2D eigenvalue weighted by Crippen LogP contribution is 2.25. The molecule has 0 spiro atoms. The molecule has 1 atom stereocenters. The molecule has 0 aliphatic rings. The lowest BCUT2D eigenvalue weighted by atomic mass is 10.2. The van der Waals surface area contributed by atoms with Crippen molar-refractivity contribution in [1.82, 2.24) is 9.13 Å². The summed E-state index contributed by atoms with van der Waals surface area (Å²) in [5, 5.41) is 2.38. The van der Waals surface area contributed by atoms with Crippen molar-refractivity contribution >= 4 is 28.6 Å². The molecule has 0 aliphatic heterocycles. The fraction of sp³-hybridized carbons (Fsp3) is 0.250. The molecule has 158 valence electrons. The summed E-state index contributed by atoms with van der Waals surface area (Å²) in [5.74, 6) is -1.76. The maximum Gasteiger partial charge on any atom is 0.387 e. The van der Waals surface area contributed by atoms with E-state index >= 15 is 0 Å². The van der Waals surface area contributed by atoms with Gasteiger partial charge in [0.25, 0.3) is 5.91 Å². The van der Waals surface area contributed by atoms with E-state index in [1.165, 1.54) is 40.3 Å². The van der Waals surface area contributed by atoms with Crippen molar-refractivity contribution in [3.05, 3.63) is 59.0 Å². The number of rotatable bonds is 7. The van der Waals surface area contributed by atoms with Crippen molar-refractivity contribution in [1.29, 1.82) is 0 Å². The van der Waals surface area contributed by atoms with Crippen LogP contribution in [0, 0.1) is 0 Å². The molecule has 0 saturated carbocycles. The highest BCUT2D eigenvalue weighted by Gasteiger charge is 2.21. The molecule has 30 heavy (non-hydrogen) atoms. The first-order valence-corrected chi connectivity index (χ1v) is 8.96. The zero-order chi connectivity index (χ0) is 21.8. The maximum atomic E-state index is 12.5. The van der Waals surface area contributed by atoms with Crippen molar-refractivity contribution in [3.8, 4) is 5.75 Å². The van der Waals surface area contributed by atoms with Gasteiger partial charge in [-0.3, -0.25) is 18.7 Å². The minimum Gasteiger partial charge on any atom is -0.451 e. The van der Waals surface area contributed by atoms with Crippen LogP contribution in [0.2, 0.25) is 0 Å². The predicted octanol–water partition coefficient (Wildman–Crippen LogP) is 2.51. The van der Waals surface area contributed by atoms with Gasteiger partial charge in [-0.1, -0.05) is 24.3 Å². The zero-order valence-corrected chi connectivity index (χ0v) is 16.2. The van der Waals surface area contributed by atoms with Gasteiger partial charge in [-0.05, 0) is 31.2 Å². The van der Waals surface area contributed by atoms with Gasteiger partial charge in [-0.15, -0.1) is 0 Å². The van der Waals surface area contributed by atoms with Crippen LogP contribution in [0.25, 0.3) is 11.0 Å². The highest BCUT2D eigenvalue weighted by atomic mass is 19.3. The molecule has 1 heterocycles. The summed E-state index contributed by atoms with van der Waals surface area (Å²) in [6.45, 7) is -2.12. The van der Waals surface area contributed by atoms with Gasteiger partial charge >= 0.3 is 18.3 Å². The number of nitrogens with one attached hydrogen (secondary N) is 1. The Kier molecular flexibility index (Phi) is 6.14. The molecule has 3 aromatic rings. The van der Waals surface area contributed by atoms with Gasteiger partial charge in [0.1, 0.15) is 12.3 Å². The molecule has 1 N–H and O–H groups in total. The van der Waals surface area contributed by atoms with Crippen LogP contribution in [-0.4, -0.2) is 33.7 Å². The second-order valence-corrected chi connectivity index (χ2v) is 6.41. The number of ether oxygens (including phenoxy) is 2. The molecule has 8 nitrogen and oxygen atoms in total. The molecule has 0 radical (unpaired) electrons. The standard InChI is InChI=1S/C20H19F2N3O5/c1-12(18(27)23-13-7-3-6-10-16(13)30-19(21)22)29-17(26)11-25-15-9-5-4-8-14(15)24(2)20(25)28/h3-10,12,19H,11H2,1-2H3,(H,23,27). The first-order valence-electron chi connectivity index (χ1n) is 8.96. The number of aromatic nitrogens is 2. The summed E-state index contributed by atoms with van der Waals surface area (Å²) in [4.78, 5) is 37.0.